The molecule has 112 valence electrons. The Morgan fingerprint density at radius 2 is 2.24 bits per heavy atom. The number of anilines is 1. The molecule has 1 aromatic rings. The Hall–Kier alpha value is -1.61. The van der Waals surface area contributed by atoms with E-state index in [-0.39, 0.29) is 5.91 Å². The molecule has 0 unspecified atom stereocenters. The maximum atomic E-state index is 12.6. The van der Waals surface area contributed by atoms with Crippen LogP contribution in [0.5, 0.6) is 0 Å². The molecule has 1 saturated heterocycles. The van der Waals surface area contributed by atoms with E-state index in [0.29, 0.717) is 22.9 Å². The van der Waals surface area contributed by atoms with Gasteiger partial charge < -0.3 is 15.4 Å². The number of hydrogen-bond donors (Lipinski definition) is 2. The molecule has 1 aliphatic rings. The van der Waals surface area contributed by atoms with Gasteiger partial charge in [-0.2, -0.15) is 5.26 Å². The summed E-state index contributed by atoms with van der Waals surface area (Å²) in [5.74, 6) is -0.0633. The van der Waals surface area contributed by atoms with E-state index in [1.807, 2.05) is 6.07 Å². The van der Waals surface area contributed by atoms with Crippen molar-refractivity contribution >= 4 is 23.2 Å². The second-order valence-electron chi connectivity index (χ2n) is 5.22. The molecule has 1 fully saturated rings. The van der Waals surface area contributed by atoms with Crippen molar-refractivity contribution in [2.75, 3.05) is 32.1 Å². The quantitative estimate of drug-likeness (QED) is 0.894. The molecule has 1 aliphatic heterocycles. The first kappa shape index (κ1) is 15.8. The van der Waals surface area contributed by atoms with Gasteiger partial charge in [0.25, 0.3) is 0 Å². The van der Waals surface area contributed by atoms with Crippen LogP contribution in [-0.4, -0.2) is 32.7 Å². The summed E-state index contributed by atoms with van der Waals surface area (Å²) in [5, 5.41) is 15.3. The van der Waals surface area contributed by atoms with Crippen LogP contribution in [-0.2, 0) is 9.53 Å². The fraction of sp³-hybridized carbons (Fsp3) is 0.467. The highest BCUT2D eigenvalue weighted by molar-refractivity contribution is 6.32. The molecule has 2 N–H and O–H groups in total. The van der Waals surface area contributed by atoms with Gasteiger partial charge in [-0.15, -0.1) is 0 Å². The number of benzene rings is 1. The van der Waals surface area contributed by atoms with E-state index in [4.69, 9.17) is 21.6 Å². The van der Waals surface area contributed by atoms with Crippen molar-refractivity contribution in [3.63, 3.8) is 0 Å². The van der Waals surface area contributed by atoms with Crippen LogP contribution in [0.1, 0.15) is 18.4 Å². The average molecular weight is 308 g/mol. The van der Waals surface area contributed by atoms with Crippen LogP contribution in [0.2, 0.25) is 5.02 Å². The van der Waals surface area contributed by atoms with Gasteiger partial charge in [0, 0.05) is 12.8 Å². The highest BCUT2D eigenvalue weighted by atomic mass is 35.5. The molecule has 1 amide bonds. The molecule has 21 heavy (non-hydrogen) atoms. The van der Waals surface area contributed by atoms with Crippen LogP contribution in [0.4, 0.5) is 5.69 Å². The van der Waals surface area contributed by atoms with E-state index >= 15 is 0 Å². The van der Waals surface area contributed by atoms with Crippen molar-refractivity contribution in [2.45, 2.75) is 12.8 Å². The third-order valence-electron chi connectivity index (χ3n) is 3.81. The number of carbonyl (C=O) groups is 1. The Kier molecular flexibility index (Phi) is 5.18. The maximum absolute atomic E-state index is 12.6. The maximum Gasteiger partial charge on any atom is 0.233 e. The van der Waals surface area contributed by atoms with Crippen LogP contribution in [0.15, 0.2) is 18.2 Å². The zero-order valence-corrected chi connectivity index (χ0v) is 12.7. The Labute approximate surface area is 129 Å². The standard InChI is InChI=1S/C15H18ClN3O2/c1-21-10-15(4-6-18-7-5-15)14(20)19-12-3-2-11(9-17)13(16)8-12/h2-3,8,18H,4-7,10H2,1H3,(H,19,20). The van der Waals surface area contributed by atoms with E-state index in [9.17, 15) is 4.79 Å². The van der Waals surface area contributed by atoms with Gasteiger partial charge in [-0.25, -0.2) is 0 Å². The smallest absolute Gasteiger partial charge is 0.233 e. The lowest BCUT2D eigenvalue weighted by molar-refractivity contribution is -0.130. The van der Waals surface area contributed by atoms with E-state index in [0.717, 1.165) is 25.9 Å². The molecule has 0 radical (unpaired) electrons. The molecule has 0 aliphatic carbocycles. The predicted molar refractivity (Wildman–Crippen MR) is 81.2 cm³/mol. The van der Waals surface area contributed by atoms with Crippen molar-refractivity contribution < 1.29 is 9.53 Å². The number of halogens is 1. The Morgan fingerprint density at radius 3 is 2.81 bits per heavy atom. The number of rotatable bonds is 4. The predicted octanol–water partition coefficient (Wildman–Crippen LogP) is 2.17. The molecule has 2 rings (SSSR count). The molecule has 0 saturated carbocycles. The number of nitrogens with zero attached hydrogens (tertiary/aromatic N) is 1. The third kappa shape index (κ3) is 3.53. The first-order chi connectivity index (χ1) is 10.1. The van der Waals surface area contributed by atoms with Gasteiger partial charge in [0.05, 0.1) is 22.6 Å². The number of hydrogen-bond acceptors (Lipinski definition) is 4. The summed E-state index contributed by atoms with van der Waals surface area (Å²) in [6.07, 6.45) is 1.47. The molecule has 6 heteroatoms. The number of amides is 1. The van der Waals surface area contributed by atoms with Crippen molar-refractivity contribution in [3.8, 4) is 6.07 Å². The molecule has 1 aromatic carbocycles. The minimum atomic E-state index is -0.514. The van der Waals surface area contributed by atoms with Crippen molar-refractivity contribution in [2.24, 2.45) is 5.41 Å². The summed E-state index contributed by atoms with van der Waals surface area (Å²) in [5.41, 5.74) is 0.474. The molecule has 0 atom stereocenters. The molecular weight excluding hydrogens is 290 g/mol. The summed E-state index contributed by atoms with van der Waals surface area (Å²) < 4.78 is 5.25. The number of nitriles is 1. The second kappa shape index (κ2) is 6.90. The van der Waals surface area contributed by atoms with Gasteiger partial charge in [-0.1, -0.05) is 11.6 Å². The van der Waals surface area contributed by atoms with E-state index in [1.165, 1.54) is 0 Å². The summed E-state index contributed by atoms with van der Waals surface area (Å²) in [7, 11) is 1.61. The Morgan fingerprint density at radius 1 is 1.52 bits per heavy atom. The third-order valence-corrected chi connectivity index (χ3v) is 4.12. The fourth-order valence-corrected chi connectivity index (χ4v) is 2.79. The first-order valence-corrected chi connectivity index (χ1v) is 7.20. The Bertz CT molecular complexity index is 557. The summed E-state index contributed by atoms with van der Waals surface area (Å²) in [6.45, 7) is 1.99. The second-order valence-corrected chi connectivity index (χ2v) is 5.63. The van der Waals surface area contributed by atoms with Crippen LogP contribution in [0.25, 0.3) is 0 Å². The SMILES string of the molecule is COCC1(C(=O)Nc2ccc(C#N)c(Cl)c2)CCNCC1. The van der Waals surface area contributed by atoms with Crippen molar-refractivity contribution in [1.29, 1.82) is 5.26 Å². The van der Waals surface area contributed by atoms with Crippen molar-refractivity contribution in [1.82, 2.24) is 5.32 Å². The molecule has 0 spiro atoms. The van der Waals surface area contributed by atoms with Crippen molar-refractivity contribution in [3.05, 3.63) is 28.8 Å². The number of piperidine rings is 1. The zero-order valence-electron chi connectivity index (χ0n) is 11.9. The number of ether oxygens (including phenoxy) is 1. The van der Waals surface area contributed by atoms with E-state index in [1.54, 1.807) is 25.3 Å². The number of carbonyl (C=O) groups excluding carboxylic acids is 1. The minimum Gasteiger partial charge on any atom is -0.384 e. The molecule has 0 bridgehead atoms. The molecular formula is C15H18ClN3O2. The van der Waals surface area contributed by atoms with Crippen LogP contribution < -0.4 is 10.6 Å². The highest BCUT2D eigenvalue weighted by Gasteiger charge is 2.39. The molecule has 5 nitrogen and oxygen atoms in total. The van der Waals surface area contributed by atoms with Gasteiger partial charge in [0.2, 0.25) is 5.91 Å². The molecule has 1 heterocycles. The van der Waals surface area contributed by atoms with Gasteiger partial charge in [-0.05, 0) is 44.1 Å². The first-order valence-electron chi connectivity index (χ1n) is 6.82. The van der Waals surface area contributed by atoms with E-state index < -0.39 is 5.41 Å². The zero-order chi connectivity index (χ0) is 15.3. The Balaban J connectivity index is 2.15. The van der Waals surface area contributed by atoms with E-state index in [2.05, 4.69) is 10.6 Å². The lowest BCUT2D eigenvalue weighted by atomic mass is 9.78. The number of methoxy groups -OCH3 is 1. The summed E-state index contributed by atoms with van der Waals surface area (Å²) >= 11 is 5.99. The highest BCUT2D eigenvalue weighted by Crippen LogP contribution is 2.31. The lowest BCUT2D eigenvalue weighted by Crippen LogP contribution is -2.47. The summed E-state index contributed by atoms with van der Waals surface area (Å²) in [6, 6.07) is 6.88. The van der Waals surface area contributed by atoms with Gasteiger partial charge in [0.1, 0.15) is 6.07 Å². The normalized spacial score (nSPS) is 17.0. The largest absolute Gasteiger partial charge is 0.384 e. The average Bonchev–Trinajstić information content (AvgIpc) is 2.48. The van der Waals surface area contributed by atoms with Gasteiger partial charge >= 0.3 is 0 Å². The minimum absolute atomic E-state index is 0.0633. The topological polar surface area (TPSA) is 74.1 Å². The van der Waals surface area contributed by atoms with Gasteiger partial charge in [0.15, 0.2) is 0 Å². The monoisotopic (exact) mass is 307 g/mol. The van der Waals surface area contributed by atoms with Gasteiger partial charge in [-0.3, -0.25) is 4.79 Å². The van der Waals surface area contributed by atoms with Crippen LogP contribution in [0.3, 0.4) is 0 Å². The summed E-state index contributed by atoms with van der Waals surface area (Å²) in [4.78, 5) is 12.6. The molecule has 0 aromatic heterocycles. The lowest BCUT2D eigenvalue weighted by Gasteiger charge is -2.35. The van der Waals surface area contributed by atoms with Crippen LogP contribution >= 0.6 is 11.6 Å². The number of nitrogens with one attached hydrogen (secondary N) is 2. The van der Waals surface area contributed by atoms with Crippen LogP contribution in [0, 0.1) is 16.7 Å². The fourth-order valence-electron chi connectivity index (χ4n) is 2.57.